The minimum absolute atomic E-state index is 0.705. The van der Waals surface area contributed by atoms with Gasteiger partial charge in [0.15, 0.2) is 5.82 Å². The van der Waals surface area contributed by atoms with Gasteiger partial charge in [0.05, 0.1) is 17.3 Å². The van der Waals surface area contributed by atoms with Crippen molar-refractivity contribution < 1.29 is 9.47 Å². The third-order valence-corrected chi connectivity index (χ3v) is 6.85. The number of fused-ring (bicyclic) bond motifs is 1. The number of hydrogen-bond donors (Lipinski definition) is 2. The summed E-state index contributed by atoms with van der Waals surface area (Å²) in [7, 11) is 1.66. The molecule has 0 unspecified atom stereocenters. The van der Waals surface area contributed by atoms with Crippen molar-refractivity contribution in [3.8, 4) is 21.9 Å². The van der Waals surface area contributed by atoms with E-state index >= 15 is 0 Å². The third-order valence-electron chi connectivity index (χ3n) is 5.67. The Labute approximate surface area is 197 Å². The number of piperazine rings is 1. The van der Waals surface area contributed by atoms with E-state index in [1.807, 2.05) is 36.4 Å². The summed E-state index contributed by atoms with van der Waals surface area (Å²) in [5.41, 5.74) is 2.98. The molecule has 8 heteroatoms. The lowest BCUT2D eigenvalue weighted by Crippen LogP contribution is -2.44. The topological polar surface area (TPSA) is 71.5 Å². The van der Waals surface area contributed by atoms with Gasteiger partial charge in [-0.2, -0.15) is 0 Å². The Kier molecular flexibility index (Phi) is 6.66. The number of methoxy groups -OCH3 is 1. The first-order chi connectivity index (χ1) is 16.3. The maximum absolute atomic E-state index is 5.96. The second-order valence-corrected chi connectivity index (χ2v) is 8.92. The predicted octanol–water partition coefficient (Wildman–Crippen LogP) is 4.39. The monoisotopic (exact) mass is 461 g/mol. The van der Waals surface area contributed by atoms with Gasteiger partial charge in [0, 0.05) is 49.4 Å². The van der Waals surface area contributed by atoms with E-state index in [9.17, 15) is 0 Å². The summed E-state index contributed by atoms with van der Waals surface area (Å²) in [5.74, 6) is 2.49. The van der Waals surface area contributed by atoms with Gasteiger partial charge in [-0.05, 0) is 48.0 Å². The van der Waals surface area contributed by atoms with Gasteiger partial charge in [-0.3, -0.25) is 4.90 Å². The number of ether oxygens (including phenoxy) is 2. The van der Waals surface area contributed by atoms with Crippen LogP contribution in [-0.4, -0.2) is 61.3 Å². The number of nitrogens with zero attached hydrogens (tertiary/aromatic N) is 3. The Morgan fingerprint density at radius 1 is 1.03 bits per heavy atom. The van der Waals surface area contributed by atoms with E-state index in [0.29, 0.717) is 6.61 Å². The molecule has 3 heterocycles. The number of hydrogen-bond acceptors (Lipinski definition) is 8. The maximum atomic E-state index is 5.96. The molecule has 0 radical (unpaired) electrons. The van der Waals surface area contributed by atoms with Crippen molar-refractivity contribution in [3.63, 3.8) is 0 Å². The first-order valence-electron chi connectivity index (χ1n) is 11.1. The Morgan fingerprint density at radius 3 is 2.70 bits per heavy atom. The molecule has 0 saturated carbocycles. The molecule has 2 aromatic heterocycles. The number of thiophene rings is 1. The van der Waals surface area contributed by atoms with E-state index in [-0.39, 0.29) is 0 Å². The van der Waals surface area contributed by atoms with E-state index in [0.717, 1.165) is 76.4 Å². The van der Waals surface area contributed by atoms with E-state index in [1.54, 1.807) is 24.8 Å². The fourth-order valence-corrected chi connectivity index (χ4v) is 4.93. The fraction of sp³-hybridized carbons (Fsp3) is 0.280. The summed E-state index contributed by atoms with van der Waals surface area (Å²) < 4.78 is 12.3. The normalized spacial score (nSPS) is 14.3. The zero-order valence-corrected chi connectivity index (χ0v) is 19.4. The van der Waals surface area contributed by atoms with Gasteiger partial charge in [0.2, 0.25) is 0 Å². The van der Waals surface area contributed by atoms with Crippen molar-refractivity contribution in [2.45, 2.75) is 0 Å². The van der Waals surface area contributed by atoms with E-state index < -0.39 is 0 Å². The van der Waals surface area contributed by atoms with Crippen molar-refractivity contribution in [2.75, 3.05) is 51.8 Å². The third kappa shape index (κ3) is 5.24. The van der Waals surface area contributed by atoms with Gasteiger partial charge in [0.1, 0.15) is 24.4 Å². The highest BCUT2D eigenvalue weighted by Crippen LogP contribution is 2.37. The van der Waals surface area contributed by atoms with E-state index in [2.05, 4.69) is 43.7 Å². The number of aromatic nitrogens is 2. The molecule has 1 saturated heterocycles. The van der Waals surface area contributed by atoms with E-state index in [1.165, 1.54) is 0 Å². The second-order valence-electron chi connectivity index (χ2n) is 7.87. The summed E-state index contributed by atoms with van der Waals surface area (Å²) in [5, 5.41) is 6.77. The van der Waals surface area contributed by atoms with Crippen molar-refractivity contribution in [2.24, 2.45) is 0 Å². The molecule has 4 aromatic rings. The van der Waals surface area contributed by atoms with Crippen LogP contribution in [0.4, 0.5) is 11.5 Å². The molecule has 2 aromatic carbocycles. The van der Waals surface area contributed by atoms with Crippen LogP contribution in [0.2, 0.25) is 0 Å². The zero-order valence-electron chi connectivity index (χ0n) is 18.6. The highest BCUT2D eigenvalue weighted by molar-refractivity contribution is 7.22. The average molecular weight is 462 g/mol. The van der Waals surface area contributed by atoms with Crippen molar-refractivity contribution in [1.29, 1.82) is 0 Å². The highest BCUT2D eigenvalue weighted by atomic mass is 32.1. The van der Waals surface area contributed by atoms with Crippen LogP contribution in [0.15, 0.2) is 60.9 Å². The smallest absolute Gasteiger partial charge is 0.151 e. The van der Waals surface area contributed by atoms with Gasteiger partial charge < -0.3 is 20.1 Å². The number of benzene rings is 2. The van der Waals surface area contributed by atoms with Gasteiger partial charge in [-0.1, -0.05) is 6.07 Å². The molecule has 33 heavy (non-hydrogen) atoms. The van der Waals surface area contributed by atoms with Gasteiger partial charge in [-0.25, -0.2) is 9.97 Å². The average Bonchev–Trinajstić information content (AvgIpc) is 3.31. The molecule has 7 nitrogen and oxygen atoms in total. The Bertz CT molecular complexity index is 1210. The first-order valence-corrected chi connectivity index (χ1v) is 11.9. The number of nitrogens with one attached hydrogen (secondary N) is 2. The standard InChI is InChI=1S/C25H27N5O2S/c1-31-21-4-2-3-19(15-21)29-25-24-22(27-17-28-25)16-23(33-24)18-5-7-20(8-6-18)32-14-13-30-11-9-26-10-12-30/h2-8,15-17,26H,9-14H2,1H3,(H,27,28,29). The lowest BCUT2D eigenvalue weighted by molar-refractivity contribution is 0.191. The molecule has 5 rings (SSSR count). The first kappa shape index (κ1) is 21.6. The molecule has 1 fully saturated rings. The molecule has 0 spiro atoms. The summed E-state index contributed by atoms with van der Waals surface area (Å²) in [6.45, 7) is 5.96. The number of anilines is 2. The summed E-state index contributed by atoms with van der Waals surface area (Å²) in [4.78, 5) is 12.5. The summed E-state index contributed by atoms with van der Waals surface area (Å²) in [6, 6.07) is 18.2. The second kappa shape index (κ2) is 10.2. The molecule has 0 bridgehead atoms. The van der Waals surface area contributed by atoms with E-state index in [4.69, 9.17) is 9.47 Å². The predicted molar refractivity (Wildman–Crippen MR) is 134 cm³/mol. The molecule has 1 aliphatic rings. The SMILES string of the molecule is COc1cccc(Nc2ncnc3cc(-c4ccc(OCCN5CCNCC5)cc4)sc23)c1. The molecular weight excluding hydrogens is 434 g/mol. The Balaban J connectivity index is 1.28. The molecule has 170 valence electrons. The molecule has 0 aliphatic carbocycles. The Hall–Kier alpha value is -3.20. The summed E-state index contributed by atoms with van der Waals surface area (Å²) >= 11 is 1.68. The fourth-order valence-electron chi connectivity index (χ4n) is 3.87. The van der Waals surface area contributed by atoms with Crippen LogP contribution in [-0.2, 0) is 0 Å². The van der Waals surface area contributed by atoms with Crippen LogP contribution in [0.5, 0.6) is 11.5 Å². The molecule has 0 amide bonds. The minimum atomic E-state index is 0.705. The summed E-state index contributed by atoms with van der Waals surface area (Å²) in [6.07, 6.45) is 1.59. The Morgan fingerprint density at radius 2 is 1.88 bits per heavy atom. The van der Waals surface area contributed by atoms with Gasteiger partial charge in [-0.15, -0.1) is 11.3 Å². The van der Waals surface area contributed by atoms with Gasteiger partial charge >= 0.3 is 0 Å². The minimum Gasteiger partial charge on any atom is -0.497 e. The van der Waals surface area contributed by atoms with Crippen LogP contribution in [0.1, 0.15) is 0 Å². The quantitative estimate of drug-likeness (QED) is 0.403. The van der Waals surface area contributed by atoms with Crippen molar-refractivity contribution in [3.05, 3.63) is 60.9 Å². The van der Waals surface area contributed by atoms with Crippen LogP contribution in [0, 0.1) is 0 Å². The molecule has 1 aliphatic heterocycles. The lowest BCUT2D eigenvalue weighted by Gasteiger charge is -2.26. The molecule has 2 N–H and O–H groups in total. The zero-order chi connectivity index (χ0) is 22.5. The van der Waals surface area contributed by atoms with Crippen molar-refractivity contribution >= 4 is 33.1 Å². The van der Waals surface area contributed by atoms with Crippen LogP contribution < -0.4 is 20.1 Å². The largest absolute Gasteiger partial charge is 0.497 e. The van der Waals surface area contributed by atoms with Crippen LogP contribution in [0.25, 0.3) is 20.7 Å². The molecular formula is C25H27N5O2S. The van der Waals surface area contributed by atoms with Gasteiger partial charge in [0.25, 0.3) is 0 Å². The maximum Gasteiger partial charge on any atom is 0.151 e. The van der Waals surface area contributed by atoms with Crippen LogP contribution >= 0.6 is 11.3 Å². The van der Waals surface area contributed by atoms with Crippen LogP contribution in [0.3, 0.4) is 0 Å². The van der Waals surface area contributed by atoms with Crippen molar-refractivity contribution in [1.82, 2.24) is 20.2 Å². The lowest BCUT2D eigenvalue weighted by atomic mass is 10.2. The number of rotatable bonds is 8. The highest BCUT2D eigenvalue weighted by Gasteiger charge is 2.12. The molecule has 0 atom stereocenters.